The summed E-state index contributed by atoms with van der Waals surface area (Å²) in [7, 11) is 0. The van der Waals surface area contributed by atoms with Crippen LogP contribution in [0.25, 0.3) is 0 Å². The van der Waals surface area contributed by atoms with Crippen LogP contribution in [-0.2, 0) is 9.59 Å². The monoisotopic (exact) mass is 276 g/mol. The molecule has 2 amide bonds. The molecule has 0 aromatic carbocycles. The summed E-state index contributed by atoms with van der Waals surface area (Å²) in [5.74, 6) is -0.176. The Kier molecular flexibility index (Phi) is 4.01. The number of aromatic nitrogens is 2. The number of hydrogen-bond acceptors (Lipinski definition) is 4. The van der Waals surface area contributed by atoms with Crippen LogP contribution in [0.5, 0.6) is 0 Å². The molecule has 1 aliphatic heterocycles. The van der Waals surface area contributed by atoms with Crippen molar-refractivity contribution in [1.29, 1.82) is 0 Å². The SMILES string of the molecule is Cc1cc(C)nc(NC(=O)[C@@H]2CC(=O)N(C(C)C)C2)n1. The summed E-state index contributed by atoms with van der Waals surface area (Å²) < 4.78 is 0. The highest BCUT2D eigenvalue weighted by molar-refractivity contribution is 5.96. The summed E-state index contributed by atoms with van der Waals surface area (Å²) >= 11 is 0. The van der Waals surface area contributed by atoms with E-state index in [1.165, 1.54) is 0 Å². The Morgan fingerprint density at radius 1 is 1.35 bits per heavy atom. The Morgan fingerprint density at radius 2 is 1.95 bits per heavy atom. The van der Waals surface area contributed by atoms with Crippen molar-refractivity contribution in [3.63, 3.8) is 0 Å². The number of nitrogens with one attached hydrogen (secondary N) is 1. The number of amides is 2. The number of anilines is 1. The maximum atomic E-state index is 12.2. The van der Waals surface area contributed by atoms with Gasteiger partial charge in [0.15, 0.2) is 0 Å². The zero-order chi connectivity index (χ0) is 14.9. The first-order chi connectivity index (χ1) is 9.36. The molecule has 1 saturated heterocycles. The van der Waals surface area contributed by atoms with E-state index in [4.69, 9.17) is 0 Å². The second-order valence-electron chi connectivity index (χ2n) is 5.50. The van der Waals surface area contributed by atoms with E-state index in [9.17, 15) is 9.59 Å². The number of carbonyl (C=O) groups is 2. The Morgan fingerprint density at radius 3 is 2.45 bits per heavy atom. The van der Waals surface area contributed by atoms with Gasteiger partial charge in [-0.1, -0.05) is 0 Å². The van der Waals surface area contributed by atoms with E-state index >= 15 is 0 Å². The summed E-state index contributed by atoms with van der Waals surface area (Å²) in [6.45, 7) is 8.07. The molecule has 6 nitrogen and oxygen atoms in total. The van der Waals surface area contributed by atoms with Crippen molar-refractivity contribution < 1.29 is 9.59 Å². The second-order valence-corrected chi connectivity index (χ2v) is 5.50. The highest BCUT2D eigenvalue weighted by atomic mass is 16.2. The maximum absolute atomic E-state index is 12.2. The van der Waals surface area contributed by atoms with E-state index in [-0.39, 0.29) is 30.2 Å². The quantitative estimate of drug-likeness (QED) is 0.902. The van der Waals surface area contributed by atoms with E-state index in [1.807, 2.05) is 33.8 Å². The summed E-state index contributed by atoms with van der Waals surface area (Å²) in [5.41, 5.74) is 1.61. The lowest BCUT2D eigenvalue weighted by Gasteiger charge is -2.20. The summed E-state index contributed by atoms with van der Waals surface area (Å²) in [4.78, 5) is 34.1. The normalized spacial score (nSPS) is 18.8. The van der Waals surface area contributed by atoms with Gasteiger partial charge in [-0.05, 0) is 33.8 Å². The molecule has 1 aromatic heterocycles. The van der Waals surface area contributed by atoms with Crippen molar-refractivity contribution in [2.75, 3.05) is 11.9 Å². The van der Waals surface area contributed by atoms with E-state index in [0.717, 1.165) is 11.4 Å². The molecule has 0 spiro atoms. The molecule has 2 rings (SSSR count). The Bertz CT molecular complexity index is 522. The molecule has 0 saturated carbocycles. The number of likely N-dealkylation sites (tertiary alicyclic amines) is 1. The van der Waals surface area contributed by atoms with E-state index in [0.29, 0.717) is 12.5 Å². The van der Waals surface area contributed by atoms with E-state index in [1.54, 1.807) is 4.90 Å². The number of carbonyl (C=O) groups excluding carboxylic acids is 2. The predicted molar refractivity (Wildman–Crippen MR) is 75.1 cm³/mol. The molecule has 2 heterocycles. The number of hydrogen-bond donors (Lipinski definition) is 1. The zero-order valence-corrected chi connectivity index (χ0v) is 12.3. The van der Waals surface area contributed by atoms with Gasteiger partial charge in [0.25, 0.3) is 0 Å². The van der Waals surface area contributed by atoms with Crippen molar-refractivity contribution in [3.8, 4) is 0 Å². The molecule has 0 bridgehead atoms. The molecule has 1 aliphatic rings. The van der Waals surface area contributed by atoms with Gasteiger partial charge < -0.3 is 4.90 Å². The lowest BCUT2D eigenvalue weighted by Crippen LogP contribution is -2.33. The van der Waals surface area contributed by atoms with Crippen LogP contribution in [0.15, 0.2) is 6.07 Å². The third-order valence-electron chi connectivity index (χ3n) is 3.37. The van der Waals surface area contributed by atoms with Gasteiger partial charge in [0.2, 0.25) is 17.8 Å². The van der Waals surface area contributed by atoms with Gasteiger partial charge in [0.05, 0.1) is 5.92 Å². The van der Waals surface area contributed by atoms with Crippen LogP contribution in [0.2, 0.25) is 0 Å². The Labute approximate surface area is 118 Å². The largest absolute Gasteiger partial charge is 0.339 e. The maximum Gasteiger partial charge on any atom is 0.232 e. The van der Waals surface area contributed by atoms with Gasteiger partial charge >= 0.3 is 0 Å². The van der Waals surface area contributed by atoms with Gasteiger partial charge in [-0.2, -0.15) is 0 Å². The highest BCUT2D eigenvalue weighted by Gasteiger charge is 2.35. The average Bonchev–Trinajstić information content (AvgIpc) is 2.70. The zero-order valence-electron chi connectivity index (χ0n) is 12.3. The van der Waals surface area contributed by atoms with E-state index in [2.05, 4.69) is 15.3 Å². The van der Waals surface area contributed by atoms with Crippen LogP contribution in [-0.4, -0.2) is 39.3 Å². The first-order valence-electron chi connectivity index (χ1n) is 6.79. The summed E-state index contributed by atoms with van der Waals surface area (Å²) in [6, 6.07) is 1.97. The molecular formula is C14H20N4O2. The lowest BCUT2D eigenvalue weighted by molar-refractivity contribution is -0.129. The minimum atomic E-state index is -0.325. The molecule has 0 unspecified atom stereocenters. The molecule has 0 aliphatic carbocycles. The van der Waals surface area contributed by atoms with Gasteiger partial charge in [-0.25, -0.2) is 9.97 Å². The fourth-order valence-corrected chi connectivity index (χ4v) is 2.40. The van der Waals surface area contributed by atoms with Crippen molar-refractivity contribution >= 4 is 17.8 Å². The molecular weight excluding hydrogens is 256 g/mol. The number of aryl methyl sites for hydroxylation is 2. The molecule has 1 aromatic rings. The Balaban J connectivity index is 2.04. The molecule has 20 heavy (non-hydrogen) atoms. The van der Waals surface area contributed by atoms with Crippen LogP contribution < -0.4 is 5.32 Å². The summed E-state index contributed by atoms with van der Waals surface area (Å²) in [5, 5.41) is 2.71. The van der Waals surface area contributed by atoms with Crippen molar-refractivity contribution in [1.82, 2.24) is 14.9 Å². The van der Waals surface area contributed by atoms with Crippen molar-refractivity contribution in [3.05, 3.63) is 17.5 Å². The van der Waals surface area contributed by atoms with Gasteiger partial charge in [0.1, 0.15) is 0 Å². The standard InChI is InChI=1S/C14H20N4O2/c1-8(2)18-7-11(6-12(18)19)13(20)17-14-15-9(3)5-10(4)16-14/h5,8,11H,6-7H2,1-4H3,(H,15,16,17,20)/t11-/m1/s1. The number of rotatable bonds is 3. The average molecular weight is 276 g/mol. The fraction of sp³-hybridized carbons (Fsp3) is 0.571. The molecule has 1 N–H and O–H groups in total. The predicted octanol–water partition coefficient (Wildman–Crippen LogP) is 1.29. The van der Waals surface area contributed by atoms with Crippen LogP contribution in [0.1, 0.15) is 31.7 Å². The second kappa shape index (κ2) is 5.56. The Hall–Kier alpha value is -1.98. The molecule has 108 valence electrons. The smallest absolute Gasteiger partial charge is 0.232 e. The minimum absolute atomic E-state index is 0.0292. The fourth-order valence-electron chi connectivity index (χ4n) is 2.40. The van der Waals surface area contributed by atoms with Crippen LogP contribution in [0, 0.1) is 19.8 Å². The third kappa shape index (κ3) is 3.12. The topological polar surface area (TPSA) is 75.2 Å². The third-order valence-corrected chi connectivity index (χ3v) is 3.37. The number of nitrogens with zero attached hydrogens (tertiary/aromatic N) is 3. The highest BCUT2D eigenvalue weighted by Crippen LogP contribution is 2.21. The van der Waals surface area contributed by atoms with Gasteiger partial charge in [-0.15, -0.1) is 0 Å². The first-order valence-corrected chi connectivity index (χ1v) is 6.79. The first kappa shape index (κ1) is 14.4. The lowest BCUT2D eigenvalue weighted by atomic mass is 10.1. The molecule has 6 heteroatoms. The van der Waals surface area contributed by atoms with Gasteiger partial charge in [-0.3, -0.25) is 14.9 Å². The van der Waals surface area contributed by atoms with Crippen molar-refractivity contribution in [2.45, 2.75) is 40.2 Å². The van der Waals surface area contributed by atoms with Crippen LogP contribution in [0.3, 0.4) is 0 Å². The molecule has 1 fully saturated rings. The van der Waals surface area contributed by atoms with Gasteiger partial charge in [0, 0.05) is 30.4 Å². The summed E-state index contributed by atoms with van der Waals surface area (Å²) in [6.07, 6.45) is 0.259. The minimum Gasteiger partial charge on any atom is -0.339 e. The van der Waals surface area contributed by atoms with Crippen LogP contribution >= 0.6 is 0 Å². The molecule has 1 atom stereocenters. The molecule has 0 radical (unpaired) electrons. The van der Waals surface area contributed by atoms with Crippen molar-refractivity contribution in [2.24, 2.45) is 5.92 Å². The van der Waals surface area contributed by atoms with E-state index < -0.39 is 0 Å². The van der Waals surface area contributed by atoms with Crippen LogP contribution in [0.4, 0.5) is 5.95 Å².